The lowest BCUT2D eigenvalue weighted by atomic mass is 10.3. The Morgan fingerprint density at radius 3 is 2.71 bits per heavy atom. The third-order valence-electron chi connectivity index (χ3n) is 2.10. The number of aromatic nitrogens is 2. The molecule has 2 rings (SSSR count). The molecule has 1 aromatic heterocycles. The van der Waals surface area contributed by atoms with E-state index in [0.717, 1.165) is 12.2 Å². The van der Waals surface area contributed by atoms with Crippen molar-refractivity contribution >= 4 is 6.20 Å². The number of hydrogen-bond acceptors (Lipinski definition) is 1. The molecule has 0 bridgehead atoms. The second-order valence-corrected chi connectivity index (χ2v) is 3.15. The van der Waals surface area contributed by atoms with Crippen molar-refractivity contribution in [1.82, 2.24) is 9.55 Å². The zero-order valence-electron chi connectivity index (χ0n) is 9.41. The molecule has 2 heteroatoms. The molecule has 0 saturated heterocycles. The fourth-order valence-electron chi connectivity index (χ4n) is 1.44. The number of hydrogen-bond donors (Lipinski definition) is 0. The molecule has 1 aliphatic rings. The first kappa shape index (κ1) is 10.8. The first-order valence-corrected chi connectivity index (χ1v) is 5.15. The van der Waals surface area contributed by atoms with E-state index in [1.165, 1.54) is 11.3 Å². The Kier molecular flexibility index (Phi) is 3.69. The molecule has 0 aliphatic carbocycles. The minimum Gasteiger partial charge on any atom is -0.307 e. The van der Waals surface area contributed by atoms with Crippen molar-refractivity contribution in [3.63, 3.8) is 0 Å². The van der Waals surface area contributed by atoms with Crippen LogP contribution in [0.3, 0.4) is 0 Å². The van der Waals surface area contributed by atoms with E-state index in [0.29, 0.717) is 0 Å². The van der Waals surface area contributed by atoms with Gasteiger partial charge in [-0.25, -0.2) is 4.98 Å². The summed E-state index contributed by atoms with van der Waals surface area (Å²) < 4.78 is 2.15. The quantitative estimate of drug-likeness (QED) is 0.614. The van der Waals surface area contributed by atoms with Crippen LogP contribution in [-0.4, -0.2) is 9.55 Å². The molecule has 0 radical (unpaired) electrons. The molecule has 0 saturated carbocycles. The average Bonchev–Trinajstić information content (AvgIpc) is 2.45. The van der Waals surface area contributed by atoms with Crippen LogP contribution >= 0.6 is 0 Å². The Bertz CT molecular complexity index is 356. The van der Waals surface area contributed by atoms with Gasteiger partial charge in [0.15, 0.2) is 0 Å². The minimum atomic E-state index is 0.981. The molecule has 76 valence electrons. The van der Waals surface area contributed by atoms with Crippen LogP contribution in [0.1, 0.15) is 32.3 Å². The molecule has 14 heavy (non-hydrogen) atoms. The van der Waals surface area contributed by atoms with E-state index in [1.807, 2.05) is 27.0 Å². The zero-order chi connectivity index (χ0) is 10.6. The zero-order valence-corrected chi connectivity index (χ0v) is 9.41. The average molecular weight is 190 g/mol. The van der Waals surface area contributed by atoms with Gasteiger partial charge in [-0.2, -0.15) is 0 Å². The number of allylic oxidation sites excluding steroid dienone is 3. The molecule has 0 spiro atoms. The fourth-order valence-corrected chi connectivity index (χ4v) is 1.44. The monoisotopic (exact) mass is 190 g/mol. The Morgan fingerprint density at radius 2 is 2.00 bits per heavy atom. The highest BCUT2D eigenvalue weighted by Gasteiger charge is 2.04. The van der Waals surface area contributed by atoms with Crippen LogP contribution in [-0.2, 0) is 6.42 Å². The molecule has 2 heterocycles. The van der Waals surface area contributed by atoms with E-state index in [4.69, 9.17) is 0 Å². The van der Waals surface area contributed by atoms with E-state index in [-0.39, 0.29) is 0 Å². The largest absolute Gasteiger partial charge is 0.307 e. The van der Waals surface area contributed by atoms with E-state index >= 15 is 0 Å². The summed E-state index contributed by atoms with van der Waals surface area (Å²) in [5, 5.41) is 0. The van der Waals surface area contributed by atoms with E-state index in [9.17, 15) is 0 Å². The van der Waals surface area contributed by atoms with Gasteiger partial charge >= 0.3 is 0 Å². The normalized spacial score (nSPS) is 13.6. The number of rotatable bonds is 0. The summed E-state index contributed by atoms with van der Waals surface area (Å²) in [7, 11) is 0. The molecular formula is C12H18N2. The maximum Gasteiger partial charge on any atom is 0.109 e. The standard InChI is InChI=1S/C10H12N2.C2H6/c1-8-4-3-5-10-6-11-9(2)12(10)7-8;1-2/h3-4,6-7H,5H2,1-2H3;1-2H3. The van der Waals surface area contributed by atoms with E-state index in [1.54, 1.807) is 0 Å². The molecule has 0 atom stereocenters. The van der Waals surface area contributed by atoms with Gasteiger partial charge in [0.25, 0.3) is 0 Å². The number of imidazole rings is 1. The predicted octanol–water partition coefficient (Wildman–Crippen LogP) is 3.19. The van der Waals surface area contributed by atoms with Gasteiger partial charge < -0.3 is 4.57 Å². The van der Waals surface area contributed by atoms with Crippen molar-refractivity contribution in [2.45, 2.75) is 34.1 Å². The lowest BCUT2D eigenvalue weighted by molar-refractivity contribution is 0.970. The Hall–Kier alpha value is -1.31. The Labute approximate surface area is 86.0 Å². The number of fused-ring (bicyclic) bond motifs is 1. The molecular weight excluding hydrogens is 172 g/mol. The van der Waals surface area contributed by atoms with Crippen LogP contribution in [0.2, 0.25) is 0 Å². The third-order valence-corrected chi connectivity index (χ3v) is 2.10. The van der Waals surface area contributed by atoms with Crippen LogP contribution in [0.5, 0.6) is 0 Å². The summed E-state index contributed by atoms with van der Waals surface area (Å²) in [5.41, 5.74) is 2.54. The molecule has 0 N–H and O–H groups in total. The third kappa shape index (κ3) is 2.13. The van der Waals surface area contributed by atoms with Crippen LogP contribution in [0.4, 0.5) is 0 Å². The van der Waals surface area contributed by atoms with Crippen LogP contribution in [0.15, 0.2) is 23.9 Å². The smallest absolute Gasteiger partial charge is 0.109 e. The second kappa shape index (κ2) is 4.80. The van der Waals surface area contributed by atoms with E-state index < -0.39 is 0 Å². The predicted molar refractivity (Wildman–Crippen MR) is 61.1 cm³/mol. The first-order valence-electron chi connectivity index (χ1n) is 5.15. The van der Waals surface area contributed by atoms with Gasteiger partial charge in [0, 0.05) is 24.5 Å². The Balaban J connectivity index is 0.000000461. The molecule has 1 aromatic rings. The van der Waals surface area contributed by atoms with Crippen molar-refractivity contribution in [3.05, 3.63) is 35.4 Å². The van der Waals surface area contributed by atoms with Crippen molar-refractivity contribution < 1.29 is 0 Å². The van der Waals surface area contributed by atoms with Gasteiger partial charge in [0.05, 0.1) is 0 Å². The summed E-state index contributed by atoms with van der Waals surface area (Å²) in [5.74, 6) is 1.06. The SMILES string of the molecule is CC.CC1=Cn2c(cnc2C)CC=C1. The van der Waals surface area contributed by atoms with E-state index in [2.05, 4.69) is 34.8 Å². The molecule has 0 amide bonds. The highest BCUT2D eigenvalue weighted by atomic mass is 15.1. The molecule has 0 unspecified atom stereocenters. The van der Waals surface area contributed by atoms with Gasteiger partial charge in [-0.3, -0.25) is 0 Å². The first-order chi connectivity index (χ1) is 6.77. The summed E-state index contributed by atoms with van der Waals surface area (Å²) in [6.45, 7) is 8.13. The highest BCUT2D eigenvalue weighted by molar-refractivity contribution is 5.42. The highest BCUT2D eigenvalue weighted by Crippen LogP contribution is 2.13. The van der Waals surface area contributed by atoms with Gasteiger partial charge in [-0.05, 0) is 19.4 Å². The van der Waals surface area contributed by atoms with Crippen molar-refractivity contribution in [3.8, 4) is 0 Å². The van der Waals surface area contributed by atoms with Gasteiger partial charge in [-0.15, -0.1) is 0 Å². The maximum atomic E-state index is 4.26. The maximum absolute atomic E-state index is 4.26. The van der Waals surface area contributed by atoms with Gasteiger partial charge in [0.1, 0.15) is 5.82 Å². The molecule has 0 fully saturated rings. The van der Waals surface area contributed by atoms with Crippen LogP contribution in [0.25, 0.3) is 6.20 Å². The molecule has 0 aromatic carbocycles. The van der Waals surface area contributed by atoms with Gasteiger partial charge in [0.2, 0.25) is 0 Å². The number of nitrogens with zero attached hydrogens (tertiary/aromatic N) is 2. The van der Waals surface area contributed by atoms with Crippen molar-refractivity contribution in [2.75, 3.05) is 0 Å². The molecule has 1 aliphatic heterocycles. The topological polar surface area (TPSA) is 17.8 Å². The summed E-state index contributed by atoms with van der Waals surface area (Å²) in [6.07, 6.45) is 9.36. The van der Waals surface area contributed by atoms with Crippen molar-refractivity contribution in [1.29, 1.82) is 0 Å². The van der Waals surface area contributed by atoms with Gasteiger partial charge in [-0.1, -0.05) is 26.0 Å². The lowest BCUT2D eigenvalue weighted by Gasteiger charge is -2.00. The van der Waals surface area contributed by atoms with Crippen molar-refractivity contribution in [2.24, 2.45) is 0 Å². The Morgan fingerprint density at radius 1 is 1.29 bits per heavy atom. The fraction of sp³-hybridized carbons (Fsp3) is 0.417. The van der Waals surface area contributed by atoms with Crippen LogP contribution in [0, 0.1) is 6.92 Å². The molecule has 2 nitrogen and oxygen atoms in total. The summed E-state index contributed by atoms with van der Waals surface area (Å²) >= 11 is 0. The lowest BCUT2D eigenvalue weighted by Crippen LogP contribution is -1.94. The van der Waals surface area contributed by atoms with Crippen LogP contribution < -0.4 is 0 Å². The summed E-state index contributed by atoms with van der Waals surface area (Å²) in [4.78, 5) is 4.26. The second-order valence-electron chi connectivity index (χ2n) is 3.15. The minimum absolute atomic E-state index is 0.981. The summed E-state index contributed by atoms with van der Waals surface area (Å²) in [6, 6.07) is 0. The number of aryl methyl sites for hydroxylation is 1.